The second kappa shape index (κ2) is 5.58. The summed E-state index contributed by atoms with van der Waals surface area (Å²) in [6.07, 6.45) is 0. The molecule has 0 radical (unpaired) electrons. The van der Waals surface area contributed by atoms with E-state index in [1.807, 2.05) is 37.3 Å². The Morgan fingerprint density at radius 2 is 2.05 bits per heavy atom. The SMILES string of the molecule is Br.Cc1cc(N2CCN=C2[N+](=O)[O-])c2ccccc2c1. The zero-order chi connectivity index (χ0) is 13.4. The van der Waals surface area contributed by atoms with Gasteiger partial charge in [-0.1, -0.05) is 30.3 Å². The fourth-order valence-corrected chi connectivity index (χ4v) is 2.48. The van der Waals surface area contributed by atoms with Crippen LogP contribution < -0.4 is 4.90 Å². The molecule has 1 aliphatic heterocycles. The van der Waals surface area contributed by atoms with E-state index in [1.165, 1.54) is 0 Å². The number of rotatable bonds is 1. The van der Waals surface area contributed by atoms with Crippen LogP contribution in [0.5, 0.6) is 0 Å². The van der Waals surface area contributed by atoms with Gasteiger partial charge in [-0.3, -0.25) is 0 Å². The van der Waals surface area contributed by atoms with Crippen LogP contribution in [0.15, 0.2) is 41.4 Å². The quantitative estimate of drug-likeness (QED) is 0.594. The Bertz CT molecular complexity index is 700. The first-order valence-electron chi connectivity index (χ1n) is 6.12. The Morgan fingerprint density at radius 3 is 2.80 bits per heavy atom. The van der Waals surface area contributed by atoms with Gasteiger partial charge in [0.2, 0.25) is 0 Å². The molecule has 0 bridgehead atoms. The minimum Gasteiger partial charge on any atom is -0.390 e. The fraction of sp³-hybridized carbons (Fsp3) is 0.214. The van der Waals surface area contributed by atoms with E-state index in [-0.39, 0.29) is 22.9 Å². The van der Waals surface area contributed by atoms with Gasteiger partial charge >= 0.3 is 5.96 Å². The molecule has 1 heterocycles. The van der Waals surface area contributed by atoms with Crippen LogP contribution in [-0.4, -0.2) is 24.0 Å². The Morgan fingerprint density at radius 1 is 1.30 bits per heavy atom. The third kappa shape index (κ3) is 2.38. The minimum absolute atomic E-state index is 0. The van der Waals surface area contributed by atoms with E-state index in [0.717, 1.165) is 22.0 Å². The van der Waals surface area contributed by atoms with E-state index < -0.39 is 4.92 Å². The van der Waals surface area contributed by atoms with Crippen molar-refractivity contribution in [2.24, 2.45) is 4.99 Å². The van der Waals surface area contributed by atoms with Gasteiger partial charge in [0, 0.05) is 5.39 Å². The highest BCUT2D eigenvalue weighted by Crippen LogP contribution is 2.30. The topological polar surface area (TPSA) is 58.7 Å². The first-order chi connectivity index (χ1) is 9.16. The third-order valence-corrected chi connectivity index (χ3v) is 3.26. The van der Waals surface area contributed by atoms with Crippen molar-refractivity contribution in [3.05, 3.63) is 52.1 Å². The largest absolute Gasteiger partial charge is 0.429 e. The highest BCUT2D eigenvalue weighted by Gasteiger charge is 2.31. The lowest BCUT2D eigenvalue weighted by molar-refractivity contribution is -0.351. The molecule has 6 heteroatoms. The smallest absolute Gasteiger partial charge is 0.390 e. The molecule has 2 aromatic rings. The summed E-state index contributed by atoms with van der Waals surface area (Å²) in [5.41, 5.74) is 1.95. The summed E-state index contributed by atoms with van der Waals surface area (Å²) in [6, 6.07) is 12.0. The van der Waals surface area contributed by atoms with Crippen molar-refractivity contribution in [1.29, 1.82) is 0 Å². The summed E-state index contributed by atoms with van der Waals surface area (Å²) in [4.78, 5) is 16.3. The lowest BCUT2D eigenvalue weighted by Gasteiger charge is -2.16. The molecule has 5 nitrogen and oxygen atoms in total. The Balaban J connectivity index is 0.00000147. The third-order valence-electron chi connectivity index (χ3n) is 3.26. The molecule has 0 unspecified atom stereocenters. The van der Waals surface area contributed by atoms with E-state index in [2.05, 4.69) is 11.1 Å². The van der Waals surface area contributed by atoms with Crippen LogP contribution >= 0.6 is 17.0 Å². The predicted octanol–water partition coefficient (Wildman–Crippen LogP) is 3.18. The summed E-state index contributed by atoms with van der Waals surface area (Å²) in [6.45, 7) is 3.03. The van der Waals surface area contributed by atoms with Crippen molar-refractivity contribution in [2.45, 2.75) is 6.92 Å². The first kappa shape index (κ1) is 14.5. The van der Waals surface area contributed by atoms with Crippen LogP contribution in [0.4, 0.5) is 5.69 Å². The number of hydrogen-bond acceptors (Lipinski definition) is 4. The van der Waals surface area contributed by atoms with Crippen molar-refractivity contribution in [3.63, 3.8) is 0 Å². The summed E-state index contributed by atoms with van der Waals surface area (Å²) >= 11 is 0. The number of hydrogen-bond donors (Lipinski definition) is 0. The van der Waals surface area contributed by atoms with Gasteiger partial charge in [0.1, 0.15) is 18.8 Å². The van der Waals surface area contributed by atoms with E-state index in [1.54, 1.807) is 4.90 Å². The number of nitrogens with zero attached hydrogens (tertiary/aromatic N) is 3. The molecular formula is C14H14BrN3O2. The molecule has 0 saturated carbocycles. The molecule has 0 aromatic heterocycles. The highest BCUT2D eigenvalue weighted by molar-refractivity contribution is 8.93. The molecule has 0 atom stereocenters. The maximum atomic E-state index is 11.0. The van der Waals surface area contributed by atoms with E-state index >= 15 is 0 Å². The monoisotopic (exact) mass is 335 g/mol. The average molecular weight is 336 g/mol. The van der Waals surface area contributed by atoms with Crippen LogP contribution in [0.1, 0.15) is 5.56 Å². The van der Waals surface area contributed by atoms with Gasteiger partial charge in [-0.15, -0.1) is 22.0 Å². The van der Waals surface area contributed by atoms with Crippen molar-refractivity contribution >= 4 is 39.4 Å². The number of aryl methyl sites for hydroxylation is 1. The molecule has 3 rings (SSSR count). The molecule has 104 valence electrons. The van der Waals surface area contributed by atoms with Crippen LogP contribution in [0.2, 0.25) is 0 Å². The summed E-state index contributed by atoms with van der Waals surface area (Å²) < 4.78 is 0. The first-order valence-corrected chi connectivity index (χ1v) is 6.12. The minimum atomic E-state index is -0.413. The van der Waals surface area contributed by atoms with E-state index in [0.29, 0.717) is 13.1 Å². The lowest BCUT2D eigenvalue weighted by Crippen LogP contribution is -2.33. The summed E-state index contributed by atoms with van der Waals surface area (Å²) in [5, 5.41) is 13.1. The van der Waals surface area contributed by atoms with Crippen molar-refractivity contribution in [3.8, 4) is 0 Å². The number of benzene rings is 2. The standard InChI is InChI=1S/C14H13N3O2.BrH/c1-10-8-11-4-2-3-5-12(11)13(9-10)16-7-6-15-14(16)17(18)19;/h2-5,8-9H,6-7H2,1H3;1H. The van der Waals surface area contributed by atoms with Crippen LogP contribution in [0.3, 0.4) is 0 Å². The predicted molar refractivity (Wildman–Crippen MR) is 85.6 cm³/mol. The van der Waals surface area contributed by atoms with Gasteiger partial charge in [0.15, 0.2) is 0 Å². The van der Waals surface area contributed by atoms with E-state index in [9.17, 15) is 10.1 Å². The molecular weight excluding hydrogens is 322 g/mol. The average Bonchev–Trinajstić information content (AvgIpc) is 2.86. The molecule has 0 N–H and O–H groups in total. The number of halogens is 1. The molecule has 20 heavy (non-hydrogen) atoms. The number of fused-ring (bicyclic) bond motifs is 1. The van der Waals surface area contributed by atoms with Gasteiger partial charge < -0.3 is 10.1 Å². The number of guanidine groups is 1. The lowest BCUT2D eigenvalue weighted by atomic mass is 10.0. The maximum Gasteiger partial charge on any atom is 0.429 e. The maximum absolute atomic E-state index is 11.0. The molecule has 2 aromatic carbocycles. The zero-order valence-corrected chi connectivity index (χ0v) is 12.7. The van der Waals surface area contributed by atoms with E-state index in [4.69, 9.17) is 0 Å². The highest BCUT2D eigenvalue weighted by atomic mass is 79.9. The molecule has 0 saturated heterocycles. The van der Waals surface area contributed by atoms with Crippen LogP contribution in [0.25, 0.3) is 10.8 Å². The van der Waals surface area contributed by atoms with Crippen LogP contribution in [0, 0.1) is 17.0 Å². The zero-order valence-electron chi connectivity index (χ0n) is 10.9. The fourth-order valence-electron chi connectivity index (χ4n) is 2.48. The molecule has 0 fully saturated rings. The van der Waals surface area contributed by atoms with Crippen molar-refractivity contribution in [2.75, 3.05) is 18.0 Å². The normalized spacial score (nSPS) is 14.1. The van der Waals surface area contributed by atoms with Crippen molar-refractivity contribution < 1.29 is 4.92 Å². The van der Waals surface area contributed by atoms with Gasteiger partial charge in [0.05, 0.1) is 0 Å². The summed E-state index contributed by atoms with van der Waals surface area (Å²) in [7, 11) is 0. The van der Waals surface area contributed by atoms with Gasteiger partial charge in [0.25, 0.3) is 0 Å². The van der Waals surface area contributed by atoms with Gasteiger partial charge in [-0.25, -0.2) is 4.90 Å². The number of nitro groups is 1. The Labute approximate surface area is 126 Å². The van der Waals surface area contributed by atoms with Crippen LogP contribution in [-0.2, 0) is 0 Å². The molecule has 0 spiro atoms. The van der Waals surface area contributed by atoms with Gasteiger partial charge in [-0.05, 0) is 28.9 Å². The second-order valence-electron chi connectivity index (χ2n) is 4.60. The molecule has 1 aliphatic rings. The van der Waals surface area contributed by atoms with Gasteiger partial charge in [-0.2, -0.15) is 0 Å². The number of aliphatic imine (C=N–C) groups is 1. The Kier molecular flexibility index (Phi) is 4.04. The second-order valence-corrected chi connectivity index (χ2v) is 4.60. The Hall–Kier alpha value is -1.95. The molecule has 0 aliphatic carbocycles. The summed E-state index contributed by atoms with van der Waals surface area (Å²) in [5.74, 6) is -0.0595. The molecule has 0 amide bonds. The number of anilines is 1. The van der Waals surface area contributed by atoms with Crippen molar-refractivity contribution in [1.82, 2.24) is 0 Å².